The maximum Gasteiger partial charge on any atom is 0.335 e. The number of fused-ring (bicyclic) bond motifs is 2. The van der Waals surface area contributed by atoms with Crippen LogP contribution in [0.2, 0.25) is 5.54 Å². The Balaban J connectivity index is 0.986. The fourth-order valence-corrected chi connectivity index (χ4v) is 9.89. The lowest BCUT2D eigenvalue weighted by Gasteiger charge is -2.34. The molecule has 0 radical (unpaired) electrons. The Bertz CT molecular complexity index is 1950. The molecule has 0 saturated carbocycles. The molecule has 4 aromatic rings. The summed E-state index contributed by atoms with van der Waals surface area (Å²) < 4.78 is 30.0. The van der Waals surface area contributed by atoms with Gasteiger partial charge in [0.1, 0.15) is 23.5 Å². The molecule has 0 spiro atoms. The molecule has 0 aliphatic carbocycles. The second-order valence-corrected chi connectivity index (χ2v) is 16.0. The van der Waals surface area contributed by atoms with Crippen LogP contribution in [0.1, 0.15) is 80.2 Å². The van der Waals surface area contributed by atoms with Gasteiger partial charge in [-0.2, -0.15) is 0 Å². The van der Waals surface area contributed by atoms with Crippen LogP contribution in [0.15, 0.2) is 60.7 Å². The van der Waals surface area contributed by atoms with Gasteiger partial charge in [-0.05, 0) is 85.8 Å². The number of carboxylic acids is 1. The molecule has 4 atom stereocenters. The zero-order valence-corrected chi connectivity index (χ0v) is 28.6. The summed E-state index contributed by atoms with van der Waals surface area (Å²) in [5.74, 6) is 0.479. The van der Waals surface area contributed by atoms with Crippen LogP contribution in [0.3, 0.4) is 0 Å². The number of benzene rings is 3. The third-order valence-electron chi connectivity index (χ3n) is 10.5. The van der Waals surface area contributed by atoms with Crippen molar-refractivity contribution >= 4 is 38.5 Å². The lowest BCUT2D eigenvalue weighted by atomic mass is 9.87. The van der Waals surface area contributed by atoms with E-state index in [0.29, 0.717) is 46.5 Å². The van der Waals surface area contributed by atoms with Crippen molar-refractivity contribution in [3.8, 4) is 5.75 Å². The average Bonchev–Trinajstić information content (AvgIpc) is 3.73. The van der Waals surface area contributed by atoms with Crippen LogP contribution in [0.5, 0.6) is 5.75 Å². The number of para-hydroxylation sites is 1. The highest BCUT2D eigenvalue weighted by Crippen LogP contribution is 2.49. The molecule has 4 aliphatic heterocycles. The maximum absolute atomic E-state index is 15.3. The second kappa shape index (κ2) is 12.3. The SMILES string of the molecule is CN(C)C(=O)c1ccc(C2C=Cc3cccc(C4CCN(Cc5nc6ccc(C(=O)O)cc6n5[C@@H]5[SiH2][C@@H]5[C@@H]5CCO5)CC4)c3O2)c(F)c1. The van der Waals surface area contributed by atoms with Crippen LogP contribution >= 0.6 is 0 Å². The van der Waals surface area contributed by atoms with Gasteiger partial charge in [-0.3, -0.25) is 9.69 Å². The van der Waals surface area contributed by atoms with E-state index in [-0.39, 0.29) is 15.4 Å². The topological polar surface area (TPSA) is 97.1 Å². The molecule has 8 rings (SSSR count). The predicted octanol–water partition coefficient (Wildman–Crippen LogP) is 5.36. The first-order chi connectivity index (χ1) is 23.2. The Hall–Kier alpha value is -4.32. The highest BCUT2D eigenvalue weighted by Gasteiger charge is 2.49. The number of likely N-dealkylation sites (tertiary alicyclic amines) is 1. The van der Waals surface area contributed by atoms with Crippen LogP contribution in [-0.2, 0) is 11.3 Å². The minimum absolute atomic E-state index is 0.244. The molecule has 11 heteroatoms. The van der Waals surface area contributed by atoms with E-state index in [1.165, 1.54) is 11.0 Å². The van der Waals surface area contributed by atoms with E-state index < -0.39 is 17.9 Å². The second-order valence-electron chi connectivity index (χ2n) is 13.7. The number of ether oxygens (including phenoxy) is 2. The Morgan fingerprint density at radius 3 is 2.54 bits per heavy atom. The summed E-state index contributed by atoms with van der Waals surface area (Å²) in [6.45, 7) is 3.34. The molecule has 1 unspecified atom stereocenters. The van der Waals surface area contributed by atoms with Crippen molar-refractivity contribution in [1.82, 2.24) is 19.4 Å². The average molecular weight is 667 g/mol. The Morgan fingerprint density at radius 2 is 1.83 bits per heavy atom. The van der Waals surface area contributed by atoms with Gasteiger partial charge in [0.15, 0.2) is 0 Å². The number of carbonyl (C=O) groups excluding carboxylic acids is 1. The van der Waals surface area contributed by atoms with E-state index in [1.807, 2.05) is 24.3 Å². The molecule has 248 valence electrons. The van der Waals surface area contributed by atoms with Gasteiger partial charge in [-0.1, -0.05) is 30.3 Å². The number of rotatable bonds is 8. The molecule has 3 fully saturated rings. The van der Waals surface area contributed by atoms with Crippen LogP contribution < -0.4 is 4.74 Å². The molecule has 0 bridgehead atoms. The number of imidazole rings is 1. The third kappa shape index (κ3) is 5.63. The van der Waals surface area contributed by atoms with Crippen LogP contribution in [0.4, 0.5) is 4.39 Å². The molecule has 1 amide bonds. The van der Waals surface area contributed by atoms with Gasteiger partial charge >= 0.3 is 5.97 Å². The van der Waals surface area contributed by atoms with Crippen molar-refractivity contribution in [1.29, 1.82) is 0 Å². The number of hydrogen-bond donors (Lipinski definition) is 1. The van der Waals surface area contributed by atoms with Crippen molar-refractivity contribution in [2.24, 2.45) is 0 Å². The first-order valence-corrected chi connectivity index (χ1v) is 18.5. The summed E-state index contributed by atoms with van der Waals surface area (Å²) in [6, 6.07) is 16.1. The number of carbonyl (C=O) groups is 2. The summed E-state index contributed by atoms with van der Waals surface area (Å²) in [7, 11) is 2.92. The normalized spacial score (nSPS) is 24.2. The quantitative estimate of drug-likeness (QED) is 0.253. The zero-order valence-electron chi connectivity index (χ0n) is 27.1. The molecular formula is C37H39FN4O5Si. The van der Waals surface area contributed by atoms with Crippen LogP contribution in [0, 0.1) is 5.82 Å². The fourth-order valence-electron chi connectivity index (χ4n) is 7.68. The summed E-state index contributed by atoms with van der Waals surface area (Å²) in [5.41, 5.74) is 5.90. The van der Waals surface area contributed by atoms with E-state index >= 15 is 4.39 Å². The van der Waals surface area contributed by atoms with E-state index in [2.05, 4.69) is 21.6 Å². The van der Waals surface area contributed by atoms with Crippen molar-refractivity contribution in [3.63, 3.8) is 0 Å². The minimum Gasteiger partial charge on any atom is -0.481 e. The van der Waals surface area contributed by atoms with Gasteiger partial charge in [0.2, 0.25) is 0 Å². The minimum atomic E-state index is -0.923. The van der Waals surface area contributed by atoms with E-state index in [1.54, 1.807) is 38.4 Å². The lowest BCUT2D eigenvalue weighted by Crippen LogP contribution is -2.33. The van der Waals surface area contributed by atoms with Gasteiger partial charge in [-0.15, -0.1) is 0 Å². The summed E-state index contributed by atoms with van der Waals surface area (Å²) in [6.07, 6.45) is 6.65. The molecule has 1 N–H and O–H groups in total. The zero-order chi connectivity index (χ0) is 33.1. The number of amides is 1. The van der Waals surface area contributed by atoms with Crippen molar-refractivity contribution < 1.29 is 28.6 Å². The number of halogens is 1. The standard InChI is InChI=1S/C37H39FN4O5Si/c1-40(2)35(43)23-6-9-26(27(38)18-23)30-11-8-22-4-3-5-25(33(22)47-30)21-12-15-41(16-13-21)20-32-39-28-10-7-24(37(44)45)19-29(28)42(32)36-34(48-36)31-14-17-46-31/h3-11,18-19,21,30-31,34,36H,12-17,20,48H2,1-2H3,(H,44,45)/t30?,31-,34+,36+/m0/s1. The van der Waals surface area contributed by atoms with E-state index in [9.17, 15) is 14.7 Å². The number of aromatic carboxylic acids is 1. The Kier molecular flexibility index (Phi) is 7.93. The van der Waals surface area contributed by atoms with Gasteiger partial charge in [0, 0.05) is 43.1 Å². The number of hydrogen-bond acceptors (Lipinski definition) is 6. The third-order valence-corrected chi connectivity index (χ3v) is 12.8. The fraction of sp³-hybridized carbons (Fsp3) is 0.378. The molecule has 4 aliphatic rings. The molecule has 3 saturated heterocycles. The summed E-state index contributed by atoms with van der Waals surface area (Å²) in [5, 5.41) is 9.68. The Morgan fingerprint density at radius 1 is 1.04 bits per heavy atom. The molecule has 9 nitrogen and oxygen atoms in total. The number of piperidine rings is 1. The van der Waals surface area contributed by atoms with Crippen molar-refractivity contribution in [2.45, 2.75) is 55.1 Å². The maximum atomic E-state index is 15.3. The predicted molar refractivity (Wildman–Crippen MR) is 183 cm³/mol. The van der Waals surface area contributed by atoms with E-state index in [0.717, 1.165) is 72.7 Å². The smallest absolute Gasteiger partial charge is 0.335 e. The molecule has 1 aromatic heterocycles. The highest BCUT2D eigenvalue weighted by molar-refractivity contribution is 6.53. The summed E-state index contributed by atoms with van der Waals surface area (Å²) in [4.78, 5) is 33.1. The molecule has 5 heterocycles. The largest absolute Gasteiger partial charge is 0.481 e. The van der Waals surface area contributed by atoms with Crippen molar-refractivity contribution in [3.05, 3.63) is 100 Å². The van der Waals surface area contributed by atoms with Gasteiger partial charge in [0.25, 0.3) is 5.91 Å². The van der Waals surface area contributed by atoms with Crippen LogP contribution in [-0.4, -0.2) is 85.7 Å². The monoisotopic (exact) mass is 666 g/mol. The van der Waals surface area contributed by atoms with Gasteiger partial charge < -0.3 is 24.0 Å². The number of aromatic nitrogens is 2. The first kappa shape index (κ1) is 31.0. The number of carboxylic acid groups (broad SMARTS) is 1. The highest BCUT2D eigenvalue weighted by atomic mass is 28.2. The lowest BCUT2D eigenvalue weighted by molar-refractivity contribution is -0.0494. The molecule has 48 heavy (non-hydrogen) atoms. The van der Waals surface area contributed by atoms with E-state index in [4.69, 9.17) is 14.5 Å². The first-order valence-electron chi connectivity index (χ1n) is 16.8. The molecule has 3 aromatic carbocycles. The summed E-state index contributed by atoms with van der Waals surface area (Å²) >= 11 is 0. The molecular weight excluding hydrogens is 628 g/mol. The van der Waals surface area contributed by atoms with Gasteiger partial charge in [0.05, 0.1) is 38.8 Å². The van der Waals surface area contributed by atoms with Gasteiger partial charge in [-0.25, -0.2) is 14.2 Å². The number of nitrogens with zero attached hydrogens (tertiary/aromatic N) is 4. The van der Waals surface area contributed by atoms with Crippen LogP contribution in [0.25, 0.3) is 17.1 Å². The van der Waals surface area contributed by atoms with Crippen molar-refractivity contribution in [2.75, 3.05) is 33.8 Å². The Labute approximate surface area is 280 Å².